The molecule has 2 atom stereocenters. The third-order valence-electron chi connectivity index (χ3n) is 6.18. The number of thioether (sulfide) groups is 1. The summed E-state index contributed by atoms with van der Waals surface area (Å²) >= 11 is 1.51. The molecule has 1 fully saturated rings. The smallest absolute Gasteiger partial charge is 0.407 e. The number of aliphatic carboxylic acids is 1. The van der Waals surface area contributed by atoms with Crippen LogP contribution in [-0.2, 0) is 14.3 Å². The molecule has 2 aromatic carbocycles. The summed E-state index contributed by atoms with van der Waals surface area (Å²) in [6.07, 6.45) is -0.694. The number of fused-ring (bicyclic) bond motifs is 3. The molecule has 2 amide bonds. The predicted molar refractivity (Wildman–Crippen MR) is 131 cm³/mol. The minimum atomic E-state index is -1.04. The van der Waals surface area contributed by atoms with Crippen LogP contribution < -0.4 is 5.32 Å². The van der Waals surface area contributed by atoms with Crippen molar-refractivity contribution in [1.82, 2.24) is 15.1 Å². The molecule has 0 saturated carbocycles. The normalized spacial score (nSPS) is 18.2. The Bertz CT molecular complexity index is 1030. The third-order valence-corrected chi connectivity index (χ3v) is 7.20. The summed E-state index contributed by atoms with van der Waals surface area (Å²) in [5.74, 6) is -0.535. The van der Waals surface area contributed by atoms with Crippen molar-refractivity contribution < 1.29 is 24.2 Å². The monoisotopic (exact) mass is 483 g/mol. The number of carboxylic acid groups (broad SMARTS) is 1. The lowest BCUT2D eigenvalue weighted by Crippen LogP contribution is -2.59. The Labute approximate surface area is 203 Å². The number of carbonyl (C=O) groups excluding carboxylic acids is 2. The van der Waals surface area contributed by atoms with E-state index in [1.165, 1.54) is 16.7 Å². The average Bonchev–Trinajstić information content (AvgIpc) is 3.15. The summed E-state index contributed by atoms with van der Waals surface area (Å²) in [7, 11) is 3.58. The topological polar surface area (TPSA) is 99.2 Å². The summed E-state index contributed by atoms with van der Waals surface area (Å²) in [5, 5.41) is 12.2. The highest BCUT2D eigenvalue weighted by atomic mass is 32.2. The van der Waals surface area contributed by atoms with Crippen molar-refractivity contribution in [3.63, 3.8) is 0 Å². The number of carboxylic acids is 1. The number of ether oxygens (including phenoxy) is 1. The Balaban J connectivity index is 1.45. The lowest BCUT2D eigenvalue weighted by molar-refractivity contribution is -0.150. The molecule has 4 rings (SSSR count). The van der Waals surface area contributed by atoms with Gasteiger partial charge < -0.3 is 25.0 Å². The molecule has 180 valence electrons. The number of nitrogens with one attached hydrogen (secondary N) is 1. The highest BCUT2D eigenvalue weighted by Crippen LogP contribution is 2.44. The zero-order chi connectivity index (χ0) is 24.2. The Morgan fingerprint density at radius 2 is 1.74 bits per heavy atom. The summed E-state index contributed by atoms with van der Waals surface area (Å²) < 4.78 is 5.60. The maximum atomic E-state index is 13.2. The third kappa shape index (κ3) is 5.05. The summed E-state index contributed by atoms with van der Waals surface area (Å²) in [6, 6.07) is 14.3. The van der Waals surface area contributed by atoms with Crippen molar-refractivity contribution in [3.05, 3.63) is 59.7 Å². The van der Waals surface area contributed by atoms with Gasteiger partial charge in [-0.1, -0.05) is 48.5 Å². The molecule has 1 saturated heterocycles. The first-order chi connectivity index (χ1) is 16.4. The number of hydrogen-bond acceptors (Lipinski definition) is 6. The minimum Gasteiger partial charge on any atom is -0.480 e. The quantitative estimate of drug-likeness (QED) is 0.624. The van der Waals surface area contributed by atoms with Gasteiger partial charge in [-0.05, 0) is 36.3 Å². The van der Waals surface area contributed by atoms with Crippen LogP contribution in [0.4, 0.5) is 4.79 Å². The number of amides is 2. The van der Waals surface area contributed by atoms with Crippen molar-refractivity contribution in [2.24, 2.45) is 0 Å². The molecule has 0 bridgehead atoms. The minimum absolute atomic E-state index is 0.0864. The van der Waals surface area contributed by atoms with Gasteiger partial charge in [0, 0.05) is 30.5 Å². The van der Waals surface area contributed by atoms with E-state index in [9.17, 15) is 19.5 Å². The van der Waals surface area contributed by atoms with Crippen molar-refractivity contribution in [1.29, 1.82) is 0 Å². The molecular weight excluding hydrogens is 454 g/mol. The second-order valence-electron chi connectivity index (χ2n) is 8.75. The van der Waals surface area contributed by atoms with Crippen LogP contribution in [0.15, 0.2) is 48.5 Å². The molecule has 34 heavy (non-hydrogen) atoms. The maximum absolute atomic E-state index is 13.2. The van der Waals surface area contributed by atoms with Gasteiger partial charge >= 0.3 is 12.1 Å². The second-order valence-corrected chi connectivity index (χ2v) is 9.90. The van der Waals surface area contributed by atoms with Gasteiger partial charge in [0.15, 0.2) is 0 Å². The number of nitrogens with zero attached hydrogens (tertiary/aromatic N) is 2. The van der Waals surface area contributed by atoms with Crippen LogP contribution in [0.25, 0.3) is 11.1 Å². The van der Waals surface area contributed by atoms with Gasteiger partial charge in [-0.25, -0.2) is 9.59 Å². The molecule has 2 aromatic rings. The first kappa shape index (κ1) is 24.1. The van der Waals surface area contributed by atoms with E-state index in [1.807, 2.05) is 36.4 Å². The van der Waals surface area contributed by atoms with Crippen LogP contribution in [0.5, 0.6) is 0 Å². The van der Waals surface area contributed by atoms with Crippen molar-refractivity contribution in [2.45, 2.75) is 18.0 Å². The summed E-state index contributed by atoms with van der Waals surface area (Å²) in [4.78, 5) is 40.8. The largest absolute Gasteiger partial charge is 0.480 e. The molecule has 0 aromatic heterocycles. The molecule has 1 aliphatic carbocycles. The SMILES string of the molecule is CN(C)C[C@H](NC(=O)OCC1c2ccccc2-c2ccccc21)C(=O)N1CCSCC1C(=O)O. The Morgan fingerprint density at radius 1 is 1.12 bits per heavy atom. The molecule has 2 aliphatic rings. The fraction of sp³-hybridized carbons (Fsp3) is 0.400. The molecule has 1 unspecified atom stereocenters. The Kier molecular flexibility index (Phi) is 7.43. The fourth-order valence-corrected chi connectivity index (χ4v) is 5.64. The summed E-state index contributed by atoms with van der Waals surface area (Å²) in [5.41, 5.74) is 4.48. The molecule has 0 radical (unpaired) electrons. The number of carbonyl (C=O) groups is 3. The van der Waals surface area contributed by atoms with E-state index in [2.05, 4.69) is 17.4 Å². The number of hydrogen-bond donors (Lipinski definition) is 2. The highest BCUT2D eigenvalue weighted by Gasteiger charge is 2.37. The van der Waals surface area contributed by atoms with E-state index in [0.29, 0.717) is 18.1 Å². The van der Waals surface area contributed by atoms with E-state index < -0.39 is 30.1 Å². The lowest BCUT2D eigenvalue weighted by atomic mass is 9.98. The molecule has 8 nitrogen and oxygen atoms in total. The van der Waals surface area contributed by atoms with Crippen LogP contribution in [0.3, 0.4) is 0 Å². The number of benzene rings is 2. The fourth-order valence-electron chi connectivity index (χ4n) is 4.61. The van der Waals surface area contributed by atoms with E-state index >= 15 is 0 Å². The number of likely N-dealkylation sites (N-methyl/N-ethyl adjacent to an activating group) is 1. The zero-order valence-corrected chi connectivity index (χ0v) is 20.1. The van der Waals surface area contributed by atoms with Gasteiger partial charge in [-0.15, -0.1) is 0 Å². The lowest BCUT2D eigenvalue weighted by Gasteiger charge is -2.35. The van der Waals surface area contributed by atoms with Gasteiger partial charge in [-0.2, -0.15) is 11.8 Å². The van der Waals surface area contributed by atoms with Gasteiger partial charge in [-0.3, -0.25) is 4.79 Å². The molecule has 1 aliphatic heterocycles. The Morgan fingerprint density at radius 3 is 2.32 bits per heavy atom. The van der Waals surface area contributed by atoms with Crippen LogP contribution in [-0.4, -0.2) is 90.3 Å². The number of alkyl carbamates (subject to hydrolysis) is 1. The van der Waals surface area contributed by atoms with E-state index in [-0.39, 0.29) is 19.1 Å². The maximum Gasteiger partial charge on any atom is 0.407 e. The second kappa shape index (κ2) is 10.5. The standard InChI is InChI=1S/C25H29N3O5S/c1-27(2)13-21(23(29)28-11-12-34-15-22(28)24(30)31)26-25(32)33-14-20-18-9-5-3-7-16(18)17-8-4-6-10-19(17)20/h3-10,20-22H,11-15H2,1-2H3,(H,26,32)(H,30,31)/t21-,22?/m0/s1. The molecule has 2 N–H and O–H groups in total. The van der Waals surface area contributed by atoms with E-state index in [4.69, 9.17) is 4.74 Å². The van der Waals surface area contributed by atoms with E-state index in [0.717, 1.165) is 22.3 Å². The Hall–Kier alpha value is -3.04. The van der Waals surface area contributed by atoms with Crippen molar-refractivity contribution in [3.8, 4) is 11.1 Å². The van der Waals surface area contributed by atoms with Gasteiger partial charge in [0.05, 0.1) is 0 Å². The predicted octanol–water partition coefficient (Wildman–Crippen LogP) is 2.48. The first-order valence-electron chi connectivity index (χ1n) is 11.2. The molecular formula is C25H29N3O5S. The molecule has 1 heterocycles. The molecule has 0 spiro atoms. The van der Waals surface area contributed by atoms with Crippen molar-refractivity contribution in [2.75, 3.05) is 45.3 Å². The van der Waals surface area contributed by atoms with Crippen LogP contribution in [0.2, 0.25) is 0 Å². The van der Waals surface area contributed by atoms with Crippen LogP contribution in [0, 0.1) is 0 Å². The first-order valence-corrected chi connectivity index (χ1v) is 12.4. The van der Waals surface area contributed by atoms with Gasteiger partial charge in [0.1, 0.15) is 18.7 Å². The van der Waals surface area contributed by atoms with E-state index in [1.54, 1.807) is 19.0 Å². The van der Waals surface area contributed by atoms with Gasteiger partial charge in [0.2, 0.25) is 5.91 Å². The van der Waals surface area contributed by atoms with Crippen molar-refractivity contribution >= 4 is 29.7 Å². The zero-order valence-electron chi connectivity index (χ0n) is 19.3. The average molecular weight is 484 g/mol. The summed E-state index contributed by atoms with van der Waals surface area (Å²) in [6.45, 7) is 0.705. The number of rotatable bonds is 7. The van der Waals surface area contributed by atoms with Crippen LogP contribution in [0.1, 0.15) is 17.0 Å². The van der Waals surface area contributed by atoms with Gasteiger partial charge in [0.25, 0.3) is 0 Å². The van der Waals surface area contributed by atoms with Crippen LogP contribution >= 0.6 is 11.8 Å². The molecule has 9 heteroatoms. The highest BCUT2D eigenvalue weighted by molar-refractivity contribution is 7.99.